The Morgan fingerprint density at radius 1 is 1.41 bits per heavy atom. The van der Waals surface area contributed by atoms with Crippen LogP contribution in [-0.2, 0) is 4.79 Å². The van der Waals surface area contributed by atoms with Crippen molar-refractivity contribution in [2.24, 2.45) is 11.7 Å². The number of ketones is 1. The molecule has 0 aromatic carbocycles. The molecule has 3 atom stereocenters. The first-order valence-electron chi connectivity index (χ1n) is 6.24. The van der Waals surface area contributed by atoms with E-state index >= 15 is 0 Å². The highest BCUT2D eigenvalue weighted by Gasteiger charge is 2.38. The minimum Gasteiger partial charge on any atom is -0.321 e. The van der Waals surface area contributed by atoms with Crippen molar-refractivity contribution in [2.45, 2.75) is 51.1 Å². The molecular formula is C12H24Cl2N2O. The Morgan fingerprint density at radius 2 is 2.12 bits per heavy atom. The van der Waals surface area contributed by atoms with Crippen LogP contribution in [0.15, 0.2) is 0 Å². The van der Waals surface area contributed by atoms with Gasteiger partial charge >= 0.3 is 0 Å². The van der Waals surface area contributed by atoms with Gasteiger partial charge in [-0.3, -0.25) is 9.69 Å². The lowest BCUT2D eigenvalue weighted by molar-refractivity contribution is -0.126. The number of likely N-dealkylation sites (tertiary alicyclic amines) is 1. The highest BCUT2D eigenvalue weighted by Crippen LogP contribution is 2.33. The van der Waals surface area contributed by atoms with Gasteiger partial charge in [0.15, 0.2) is 5.78 Å². The average Bonchev–Trinajstić information content (AvgIpc) is 2.21. The molecule has 2 N–H and O–H groups in total. The minimum absolute atomic E-state index is 0. The van der Waals surface area contributed by atoms with Crippen molar-refractivity contribution < 1.29 is 4.79 Å². The van der Waals surface area contributed by atoms with Crippen molar-refractivity contribution in [3.63, 3.8) is 0 Å². The monoisotopic (exact) mass is 282 g/mol. The van der Waals surface area contributed by atoms with Gasteiger partial charge in [-0.15, -0.1) is 24.8 Å². The maximum Gasteiger partial charge on any atom is 0.151 e. The second kappa shape index (κ2) is 7.57. The number of nitrogens with two attached hydrogens (primary N) is 1. The van der Waals surface area contributed by atoms with E-state index in [0.717, 1.165) is 13.0 Å². The average molecular weight is 283 g/mol. The van der Waals surface area contributed by atoms with E-state index in [0.29, 0.717) is 18.4 Å². The van der Waals surface area contributed by atoms with Gasteiger partial charge in [0, 0.05) is 12.5 Å². The van der Waals surface area contributed by atoms with Gasteiger partial charge in [-0.2, -0.15) is 0 Å². The van der Waals surface area contributed by atoms with E-state index in [4.69, 9.17) is 5.73 Å². The van der Waals surface area contributed by atoms with E-state index in [-0.39, 0.29) is 36.6 Å². The summed E-state index contributed by atoms with van der Waals surface area (Å²) in [6.45, 7) is 4.53. The zero-order chi connectivity index (χ0) is 10.8. The molecule has 0 spiro atoms. The molecule has 17 heavy (non-hydrogen) atoms. The largest absolute Gasteiger partial charge is 0.321 e. The van der Waals surface area contributed by atoms with E-state index < -0.39 is 0 Å². The molecule has 3 unspecified atom stereocenters. The first-order valence-corrected chi connectivity index (χ1v) is 6.24. The SMILES string of the molecule is CCCN1CCCC2CC(N)C(=O)CC21.Cl.Cl. The second-order valence-corrected chi connectivity index (χ2v) is 5.02. The Morgan fingerprint density at radius 3 is 2.76 bits per heavy atom. The summed E-state index contributed by atoms with van der Waals surface area (Å²) in [4.78, 5) is 14.2. The summed E-state index contributed by atoms with van der Waals surface area (Å²) in [6.07, 6.45) is 5.35. The molecule has 0 aromatic rings. The molecular weight excluding hydrogens is 259 g/mol. The van der Waals surface area contributed by atoms with Gasteiger partial charge in [-0.05, 0) is 44.7 Å². The maximum atomic E-state index is 11.6. The number of Topliss-reactive ketones (excluding diaryl/α,β-unsaturated/α-hetero) is 1. The lowest BCUT2D eigenvalue weighted by atomic mass is 9.76. The van der Waals surface area contributed by atoms with Gasteiger partial charge in [0.2, 0.25) is 0 Å². The Hall–Kier alpha value is 0.170. The summed E-state index contributed by atoms with van der Waals surface area (Å²) in [7, 11) is 0. The third-order valence-corrected chi connectivity index (χ3v) is 3.92. The van der Waals surface area contributed by atoms with Gasteiger partial charge in [0.25, 0.3) is 0 Å². The van der Waals surface area contributed by atoms with Crippen molar-refractivity contribution in [2.75, 3.05) is 13.1 Å². The fourth-order valence-electron chi connectivity index (χ4n) is 3.16. The molecule has 0 radical (unpaired) electrons. The minimum atomic E-state index is -0.173. The van der Waals surface area contributed by atoms with E-state index in [1.807, 2.05) is 0 Å². The summed E-state index contributed by atoms with van der Waals surface area (Å²) in [5.74, 6) is 0.956. The molecule has 5 heteroatoms. The van der Waals surface area contributed by atoms with Crippen LogP contribution >= 0.6 is 24.8 Å². The third-order valence-electron chi connectivity index (χ3n) is 3.92. The van der Waals surface area contributed by atoms with Crippen LogP contribution in [0.4, 0.5) is 0 Å². The van der Waals surface area contributed by atoms with Crippen LogP contribution in [0.5, 0.6) is 0 Å². The lowest BCUT2D eigenvalue weighted by Crippen LogP contribution is -2.53. The number of carbonyl (C=O) groups is 1. The van der Waals surface area contributed by atoms with Crippen LogP contribution in [0.3, 0.4) is 0 Å². The van der Waals surface area contributed by atoms with Gasteiger partial charge in [0.1, 0.15) is 0 Å². The summed E-state index contributed by atoms with van der Waals surface area (Å²) < 4.78 is 0. The predicted molar refractivity (Wildman–Crippen MR) is 75.1 cm³/mol. The number of piperidine rings is 1. The normalized spacial score (nSPS) is 33.3. The summed E-state index contributed by atoms with van der Waals surface area (Å²) >= 11 is 0. The number of hydrogen-bond donors (Lipinski definition) is 1. The van der Waals surface area contributed by atoms with E-state index in [2.05, 4.69) is 11.8 Å². The molecule has 1 saturated carbocycles. The maximum absolute atomic E-state index is 11.6. The van der Waals surface area contributed by atoms with Gasteiger partial charge < -0.3 is 5.73 Å². The molecule has 3 nitrogen and oxygen atoms in total. The molecule has 2 aliphatic rings. The third kappa shape index (κ3) is 3.82. The molecule has 2 rings (SSSR count). The van der Waals surface area contributed by atoms with Crippen LogP contribution in [0, 0.1) is 5.92 Å². The smallest absolute Gasteiger partial charge is 0.151 e. The molecule has 0 bridgehead atoms. The summed E-state index contributed by atoms with van der Waals surface area (Å²) in [6, 6.07) is 0.332. The highest BCUT2D eigenvalue weighted by atomic mass is 35.5. The molecule has 0 amide bonds. The van der Waals surface area contributed by atoms with Gasteiger partial charge in [0.05, 0.1) is 6.04 Å². The molecule has 1 heterocycles. The zero-order valence-electron chi connectivity index (χ0n) is 10.4. The Balaban J connectivity index is 0.00000128. The predicted octanol–water partition coefficient (Wildman–Crippen LogP) is 2.01. The fraction of sp³-hybridized carbons (Fsp3) is 0.917. The molecule has 102 valence electrons. The molecule has 0 aromatic heterocycles. The first kappa shape index (κ1) is 17.2. The number of halogens is 2. The Labute approximate surface area is 116 Å². The summed E-state index contributed by atoms with van der Waals surface area (Å²) in [5, 5.41) is 0. The highest BCUT2D eigenvalue weighted by molar-refractivity contribution is 5.86. The number of fused-ring (bicyclic) bond motifs is 1. The van der Waals surface area contributed by atoms with E-state index in [1.54, 1.807) is 0 Å². The lowest BCUT2D eigenvalue weighted by Gasteiger charge is -2.44. The van der Waals surface area contributed by atoms with Crippen molar-refractivity contribution >= 4 is 30.6 Å². The molecule has 1 saturated heterocycles. The topological polar surface area (TPSA) is 46.3 Å². The Bertz CT molecular complexity index is 242. The number of hydrogen-bond acceptors (Lipinski definition) is 3. The first-order chi connectivity index (χ1) is 7.22. The van der Waals surface area contributed by atoms with Crippen molar-refractivity contribution in [3.8, 4) is 0 Å². The zero-order valence-corrected chi connectivity index (χ0v) is 12.1. The molecule has 1 aliphatic carbocycles. The molecule has 1 aliphatic heterocycles. The standard InChI is InChI=1S/C12H22N2O.2ClH/c1-2-5-14-6-3-4-9-7-10(13)12(15)8-11(9)14;;/h9-11H,2-8,13H2,1H3;2*1H. The second-order valence-electron chi connectivity index (χ2n) is 5.02. The number of carbonyl (C=O) groups excluding carboxylic acids is 1. The van der Waals surface area contributed by atoms with Crippen LogP contribution in [0.2, 0.25) is 0 Å². The van der Waals surface area contributed by atoms with Crippen molar-refractivity contribution in [1.29, 1.82) is 0 Å². The quantitative estimate of drug-likeness (QED) is 0.843. The number of rotatable bonds is 2. The molecule has 2 fully saturated rings. The Kier molecular flexibility index (Phi) is 7.65. The van der Waals surface area contributed by atoms with E-state index in [9.17, 15) is 4.79 Å². The van der Waals surface area contributed by atoms with Gasteiger partial charge in [-0.1, -0.05) is 6.92 Å². The van der Waals surface area contributed by atoms with E-state index in [1.165, 1.54) is 25.8 Å². The van der Waals surface area contributed by atoms with Crippen LogP contribution < -0.4 is 5.73 Å². The van der Waals surface area contributed by atoms with Crippen LogP contribution in [0.1, 0.15) is 39.0 Å². The van der Waals surface area contributed by atoms with Crippen LogP contribution in [-0.4, -0.2) is 35.9 Å². The number of nitrogens with zero attached hydrogens (tertiary/aromatic N) is 1. The summed E-state index contributed by atoms with van der Waals surface area (Å²) in [5.41, 5.74) is 5.84. The fourth-order valence-corrected chi connectivity index (χ4v) is 3.16. The van der Waals surface area contributed by atoms with Crippen molar-refractivity contribution in [1.82, 2.24) is 4.90 Å². The van der Waals surface area contributed by atoms with Crippen LogP contribution in [0.25, 0.3) is 0 Å². The van der Waals surface area contributed by atoms with Crippen molar-refractivity contribution in [3.05, 3.63) is 0 Å². The van der Waals surface area contributed by atoms with Gasteiger partial charge in [-0.25, -0.2) is 0 Å².